The number of rotatable bonds is 1. The van der Waals surface area contributed by atoms with Crippen molar-refractivity contribution in [1.82, 2.24) is 10.2 Å². The summed E-state index contributed by atoms with van der Waals surface area (Å²) < 4.78 is 37.0. The third kappa shape index (κ3) is 1.68. The van der Waals surface area contributed by atoms with Crippen LogP contribution >= 0.6 is 22.6 Å². The Morgan fingerprint density at radius 3 is 2.38 bits per heavy atom. The Labute approximate surface area is 86.0 Å². The van der Waals surface area contributed by atoms with Crippen molar-refractivity contribution in [3.8, 4) is 0 Å². The zero-order valence-electron chi connectivity index (χ0n) is 6.45. The van der Waals surface area contributed by atoms with Gasteiger partial charge in [-0.3, -0.25) is 5.10 Å². The van der Waals surface area contributed by atoms with Crippen LogP contribution in [0, 0.1) is 3.57 Å². The lowest BCUT2D eigenvalue weighted by Gasteiger charge is -2.01. The molecule has 0 aromatic carbocycles. The van der Waals surface area contributed by atoms with Crippen molar-refractivity contribution < 1.29 is 13.2 Å². The maximum absolute atomic E-state index is 12.3. The van der Waals surface area contributed by atoms with E-state index in [-0.39, 0.29) is 9.49 Å². The van der Waals surface area contributed by atoms with Crippen LogP contribution in [-0.2, 0) is 6.18 Å². The topological polar surface area (TPSA) is 28.7 Å². The molecule has 0 spiro atoms. The summed E-state index contributed by atoms with van der Waals surface area (Å²) >= 11 is 1.70. The third-order valence-electron chi connectivity index (χ3n) is 1.99. The summed E-state index contributed by atoms with van der Waals surface area (Å²) in [6, 6.07) is 0. The van der Waals surface area contributed by atoms with Gasteiger partial charge in [-0.15, -0.1) is 0 Å². The number of H-pyrrole nitrogens is 1. The van der Waals surface area contributed by atoms with Gasteiger partial charge in [0.1, 0.15) is 0 Å². The van der Waals surface area contributed by atoms with Crippen molar-refractivity contribution in [2.75, 3.05) is 0 Å². The third-order valence-corrected chi connectivity index (χ3v) is 3.08. The van der Waals surface area contributed by atoms with E-state index in [0.29, 0.717) is 5.69 Å². The van der Waals surface area contributed by atoms with E-state index < -0.39 is 11.9 Å². The summed E-state index contributed by atoms with van der Waals surface area (Å²) in [4.78, 5) is 0. The van der Waals surface area contributed by atoms with Crippen molar-refractivity contribution in [1.29, 1.82) is 0 Å². The van der Waals surface area contributed by atoms with Gasteiger partial charge in [0, 0.05) is 5.92 Å². The standard InChI is InChI=1S/C7H6F3IN2/c8-7(9,10)6-4(11)5(12-13-6)3-1-2-3/h3H,1-2H2,(H,12,13). The minimum absolute atomic E-state index is 0.229. The molecule has 0 unspecified atom stereocenters. The molecule has 2 rings (SSSR count). The van der Waals surface area contributed by atoms with Gasteiger partial charge in [-0.25, -0.2) is 0 Å². The molecule has 0 radical (unpaired) electrons. The van der Waals surface area contributed by atoms with Crippen molar-refractivity contribution in [3.63, 3.8) is 0 Å². The molecule has 0 bridgehead atoms. The van der Waals surface area contributed by atoms with Crippen molar-refractivity contribution in [3.05, 3.63) is 15.0 Å². The number of aromatic nitrogens is 2. The molecule has 72 valence electrons. The highest BCUT2D eigenvalue weighted by Crippen LogP contribution is 2.43. The Bertz CT molecular complexity index is 327. The summed E-state index contributed by atoms with van der Waals surface area (Å²) in [6.07, 6.45) is -2.40. The van der Waals surface area contributed by atoms with Crippen LogP contribution < -0.4 is 0 Å². The molecule has 1 aromatic heterocycles. The first-order valence-corrected chi connectivity index (χ1v) is 4.89. The number of nitrogens with zero attached hydrogens (tertiary/aromatic N) is 1. The molecule has 1 saturated carbocycles. The highest BCUT2D eigenvalue weighted by atomic mass is 127. The Hall–Kier alpha value is -0.270. The van der Waals surface area contributed by atoms with Gasteiger partial charge in [0.2, 0.25) is 0 Å². The zero-order chi connectivity index (χ0) is 9.64. The summed E-state index contributed by atoms with van der Waals surface area (Å²) in [6.45, 7) is 0. The van der Waals surface area contributed by atoms with Gasteiger partial charge in [0.15, 0.2) is 5.69 Å². The first-order chi connectivity index (χ1) is 6.00. The van der Waals surface area contributed by atoms with Gasteiger partial charge in [-0.2, -0.15) is 18.3 Å². The number of alkyl halides is 3. The molecular formula is C7H6F3IN2. The smallest absolute Gasteiger partial charge is 0.281 e. The molecule has 1 aromatic rings. The molecule has 1 aliphatic rings. The lowest BCUT2D eigenvalue weighted by molar-refractivity contribution is -0.141. The van der Waals surface area contributed by atoms with Crippen molar-refractivity contribution >= 4 is 22.6 Å². The quantitative estimate of drug-likeness (QED) is 0.794. The van der Waals surface area contributed by atoms with E-state index in [1.54, 1.807) is 22.6 Å². The minimum Gasteiger partial charge on any atom is -0.281 e. The predicted molar refractivity (Wildman–Crippen MR) is 48.3 cm³/mol. The van der Waals surface area contributed by atoms with E-state index in [1.165, 1.54) is 0 Å². The summed E-state index contributed by atoms with van der Waals surface area (Å²) in [5.41, 5.74) is -0.136. The number of hydrogen-bond acceptors (Lipinski definition) is 1. The Morgan fingerprint density at radius 1 is 1.38 bits per heavy atom. The van der Waals surface area contributed by atoms with Crippen molar-refractivity contribution in [2.45, 2.75) is 24.9 Å². The lowest BCUT2D eigenvalue weighted by Crippen LogP contribution is -2.07. The predicted octanol–water partition coefficient (Wildman–Crippen LogP) is 2.91. The largest absolute Gasteiger partial charge is 0.436 e. The van der Waals surface area contributed by atoms with E-state index in [0.717, 1.165) is 12.8 Å². The van der Waals surface area contributed by atoms with E-state index in [9.17, 15) is 13.2 Å². The maximum atomic E-state index is 12.3. The van der Waals surface area contributed by atoms with Crippen molar-refractivity contribution in [2.24, 2.45) is 0 Å². The molecule has 0 amide bonds. The van der Waals surface area contributed by atoms with E-state index in [1.807, 2.05) is 0 Å². The first-order valence-electron chi connectivity index (χ1n) is 3.81. The molecule has 6 heteroatoms. The number of aromatic amines is 1. The Kier molecular flexibility index (Phi) is 2.04. The summed E-state index contributed by atoms with van der Waals surface area (Å²) in [5.74, 6) is 0.274. The van der Waals surface area contributed by atoms with Gasteiger partial charge in [0.05, 0.1) is 9.26 Å². The first kappa shape index (κ1) is 9.29. The molecule has 1 heterocycles. The normalized spacial score (nSPS) is 17.8. The fourth-order valence-corrected chi connectivity index (χ4v) is 2.16. The molecule has 1 fully saturated rings. The minimum atomic E-state index is -4.33. The number of hydrogen-bond donors (Lipinski definition) is 1. The highest BCUT2D eigenvalue weighted by molar-refractivity contribution is 14.1. The second kappa shape index (κ2) is 2.86. The second-order valence-electron chi connectivity index (χ2n) is 3.07. The average molecular weight is 302 g/mol. The fourth-order valence-electron chi connectivity index (χ4n) is 1.17. The zero-order valence-corrected chi connectivity index (χ0v) is 8.61. The second-order valence-corrected chi connectivity index (χ2v) is 4.15. The molecule has 0 atom stereocenters. The summed E-state index contributed by atoms with van der Waals surface area (Å²) in [7, 11) is 0. The van der Waals surface area contributed by atoms with Gasteiger partial charge in [0.25, 0.3) is 0 Å². The van der Waals surface area contributed by atoms with Crippen LogP contribution in [0.1, 0.15) is 30.1 Å². The van der Waals surface area contributed by atoms with Gasteiger partial charge in [-0.1, -0.05) is 0 Å². The van der Waals surface area contributed by atoms with Crippen LogP contribution in [0.2, 0.25) is 0 Å². The van der Waals surface area contributed by atoms with Gasteiger partial charge < -0.3 is 0 Å². The molecule has 13 heavy (non-hydrogen) atoms. The molecule has 1 aliphatic carbocycles. The van der Waals surface area contributed by atoms with Crippen LogP contribution in [0.15, 0.2) is 0 Å². The molecule has 1 N–H and O–H groups in total. The lowest BCUT2D eigenvalue weighted by atomic mass is 10.2. The Morgan fingerprint density at radius 2 is 2.00 bits per heavy atom. The average Bonchev–Trinajstić information content (AvgIpc) is 2.73. The molecule has 0 aliphatic heterocycles. The number of nitrogens with one attached hydrogen (secondary N) is 1. The van der Waals surface area contributed by atoms with Gasteiger partial charge in [-0.05, 0) is 35.4 Å². The van der Waals surface area contributed by atoms with E-state index in [2.05, 4.69) is 10.2 Å². The van der Waals surface area contributed by atoms with Crippen LogP contribution in [0.3, 0.4) is 0 Å². The summed E-state index contributed by atoms with van der Waals surface area (Å²) in [5, 5.41) is 5.76. The van der Waals surface area contributed by atoms with Crippen LogP contribution in [0.25, 0.3) is 0 Å². The monoisotopic (exact) mass is 302 g/mol. The fraction of sp³-hybridized carbons (Fsp3) is 0.571. The Balaban J connectivity index is 2.38. The molecule has 0 saturated heterocycles. The van der Waals surface area contributed by atoms with Crippen LogP contribution in [-0.4, -0.2) is 10.2 Å². The highest BCUT2D eigenvalue weighted by Gasteiger charge is 2.39. The maximum Gasteiger partial charge on any atom is 0.436 e. The SMILES string of the molecule is FC(F)(F)c1n[nH]c(C2CC2)c1I. The van der Waals surface area contributed by atoms with Crippen LogP contribution in [0.4, 0.5) is 13.2 Å². The molecule has 2 nitrogen and oxygen atoms in total. The van der Waals surface area contributed by atoms with E-state index >= 15 is 0 Å². The van der Waals surface area contributed by atoms with Crippen LogP contribution in [0.5, 0.6) is 0 Å². The van der Waals surface area contributed by atoms with E-state index in [4.69, 9.17) is 0 Å². The van der Waals surface area contributed by atoms with Gasteiger partial charge >= 0.3 is 6.18 Å². The molecular weight excluding hydrogens is 296 g/mol. The number of halogens is 4.